The van der Waals surface area contributed by atoms with Crippen molar-refractivity contribution in [1.29, 1.82) is 0 Å². The van der Waals surface area contributed by atoms with Crippen molar-refractivity contribution in [1.82, 2.24) is 44.8 Å². The van der Waals surface area contributed by atoms with Gasteiger partial charge in [0.2, 0.25) is 0 Å². The van der Waals surface area contributed by atoms with Crippen LogP contribution >= 0.6 is 0 Å². The molecule has 4 aliphatic heterocycles. The number of nitrogens with zero attached hydrogens (tertiary/aromatic N) is 9. The third-order valence-corrected chi connectivity index (χ3v) is 12.9. The second kappa shape index (κ2) is 22.3. The fourth-order valence-electron chi connectivity index (χ4n) is 9.43. The first-order valence-corrected chi connectivity index (χ1v) is 24.9. The normalized spacial score (nSPS) is 21.0. The smallest absolute Gasteiger partial charge is 0.407 e. The highest BCUT2D eigenvalue weighted by atomic mass is 16.6. The van der Waals surface area contributed by atoms with Crippen molar-refractivity contribution in [2.24, 2.45) is 0 Å². The largest absolute Gasteiger partial charge is 0.493 e. The quantitative estimate of drug-likeness (QED) is 0.113. The molecule has 6 aromatic heterocycles. The number of carbonyl (C=O) groups is 1. The van der Waals surface area contributed by atoms with Crippen LogP contribution in [0.2, 0.25) is 0 Å². The van der Waals surface area contributed by atoms with Crippen LogP contribution in [0.15, 0.2) is 66.0 Å². The van der Waals surface area contributed by atoms with Crippen molar-refractivity contribution in [3.05, 3.63) is 71.4 Å². The third kappa shape index (κ3) is 11.4. The van der Waals surface area contributed by atoms with Crippen LogP contribution in [0.5, 0.6) is 5.75 Å². The molecule has 4 atom stereocenters. The van der Waals surface area contributed by atoms with E-state index in [-0.39, 0.29) is 30.0 Å². The summed E-state index contributed by atoms with van der Waals surface area (Å²) in [6, 6.07) is 11.7. The Morgan fingerprint density at radius 2 is 1.40 bits per heavy atom. The number of ether oxygens (including phenoxy) is 6. The van der Waals surface area contributed by atoms with Gasteiger partial charge in [-0.25, -0.2) is 19.1 Å². The molecule has 4 fully saturated rings. The van der Waals surface area contributed by atoms with E-state index in [0.717, 1.165) is 129 Å². The number of carbonyl (C=O) groups excluding carboxylic acids is 1. The number of hydrogen-bond acceptors (Lipinski definition) is 15. The van der Waals surface area contributed by atoms with Gasteiger partial charge in [-0.05, 0) is 110 Å². The Morgan fingerprint density at radius 3 is 2.03 bits per heavy atom. The summed E-state index contributed by atoms with van der Waals surface area (Å²) in [7, 11) is 0. The predicted octanol–water partition coefficient (Wildman–Crippen LogP) is 7.81. The Hall–Kier alpha value is -6.15. The van der Waals surface area contributed by atoms with E-state index in [9.17, 15) is 9.59 Å². The summed E-state index contributed by atoms with van der Waals surface area (Å²) >= 11 is 0. The van der Waals surface area contributed by atoms with Crippen molar-refractivity contribution in [2.45, 2.75) is 116 Å². The highest BCUT2D eigenvalue weighted by Gasteiger charge is 2.27. The molecule has 1 amide bonds. The van der Waals surface area contributed by atoms with Crippen LogP contribution < -0.4 is 25.3 Å². The van der Waals surface area contributed by atoms with Gasteiger partial charge in [-0.15, -0.1) is 0 Å². The monoisotopic (exact) mass is 962 g/mol. The molecule has 0 saturated carbocycles. The zero-order chi connectivity index (χ0) is 48.6. The first kappa shape index (κ1) is 48.9. The van der Waals surface area contributed by atoms with Gasteiger partial charge < -0.3 is 48.5 Å². The summed E-state index contributed by atoms with van der Waals surface area (Å²) in [6.07, 6.45) is 14.2. The summed E-state index contributed by atoms with van der Waals surface area (Å²) in [6.45, 7) is 16.4. The van der Waals surface area contributed by atoms with Crippen LogP contribution in [0.25, 0.3) is 44.6 Å². The van der Waals surface area contributed by atoms with Crippen LogP contribution in [0.3, 0.4) is 0 Å². The molecule has 0 aliphatic carbocycles. The van der Waals surface area contributed by atoms with Crippen LogP contribution in [0, 0.1) is 0 Å². The first-order chi connectivity index (χ1) is 34.0. The number of alkyl carbamates (subject to hydrolysis) is 1. The van der Waals surface area contributed by atoms with Crippen LogP contribution in [0.1, 0.15) is 98.4 Å². The molecule has 0 radical (unpaired) electrons. The van der Waals surface area contributed by atoms with Crippen LogP contribution in [-0.4, -0.2) is 129 Å². The molecule has 70 heavy (non-hydrogen) atoms. The molecule has 0 spiro atoms. The lowest BCUT2D eigenvalue weighted by Crippen LogP contribution is -2.44. The molecule has 10 heterocycles. The summed E-state index contributed by atoms with van der Waals surface area (Å²) in [5.74, 6) is 2.39. The van der Waals surface area contributed by atoms with Gasteiger partial charge in [0.1, 0.15) is 39.9 Å². The van der Waals surface area contributed by atoms with Gasteiger partial charge in [-0.2, -0.15) is 10.2 Å². The molecular weight excluding hydrogens is 895 g/mol. The fraction of sp³-hybridized carbons (Fsp3) is 0.549. The molecule has 0 bridgehead atoms. The number of pyridine rings is 4. The molecule has 2 unspecified atom stereocenters. The standard InChI is InChI=1S/C30H42N6O5.C21H25N5O3/c1-21-20-38-18-15-35(21)25-19-24(39-16-8-6-12-32-29(37)41-30(2,3)4)22-10-13-31-28(27(22)34-25)23-11-14-33-36(23)26-9-5-7-17-40-26;1-14-13-28-11-9-25(14)18-12-17(27)15-5-7-22-21(20(15)24-18)16-6-8-23-26(16)19-4-2-3-10-29-19/h10-11,13-14,19,21,26H,5-9,12,15-18,20H2,1-4H3,(H,32,37);5-8,12,14,19H,2-4,9-11,13H2,1H3,(H,24,27)/t21-,26?;14-,19?/m11/s1. The summed E-state index contributed by atoms with van der Waals surface area (Å²) in [5, 5.41) is 13.4. The highest BCUT2D eigenvalue weighted by molar-refractivity contribution is 5.96. The van der Waals surface area contributed by atoms with Crippen molar-refractivity contribution in [3.8, 4) is 28.5 Å². The second-order valence-electron chi connectivity index (χ2n) is 19.3. The number of anilines is 2. The molecule has 4 saturated heterocycles. The molecule has 19 nitrogen and oxygen atoms in total. The average molecular weight is 962 g/mol. The van der Waals surface area contributed by atoms with E-state index >= 15 is 0 Å². The Bertz CT molecular complexity index is 2760. The number of fused-ring (bicyclic) bond motifs is 2. The Kier molecular flexibility index (Phi) is 15.6. The van der Waals surface area contributed by atoms with Gasteiger partial charge >= 0.3 is 6.09 Å². The minimum absolute atomic E-state index is 0.0175. The van der Waals surface area contributed by atoms with E-state index < -0.39 is 11.7 Å². The van der Waals surface area contributed by atoms with Gasteiger partial charge in [0.05, 0.1) is 62.0 Å². The van der Waals surface area contributed by atoms with E-state index in [0.29, 0.717) is 50.7 Å². The summed E-state index contributed by atoms with van der Waals surface area (Å²) < 4.78 is 38.7. The number of unbranched alkanes of at least 4 members (excludes halogenated alkanes) is 1. The van der Waals surface area contributed by atoms with Crippen molar-refractivity contribution in [2.75, 3.05) is 75.7 Å². The number of hydrogen-bond donors (Lipinski definition) is 2. The zero-order valence-corrected chi connectivity index (χ0v) is 41.1. The second-order valence-corrected chi connectivity index (χ2v) is 19.3. The minimum atomic E-state index is -0.514. The average Bonchev–Trinajstić information content (AvgIpc) is 4.07. The molecular formula is C51H67N11O8. The lowest BCUT2D eigenvalue weighted by molar-refractivity contribution is -0.0384. The molecule has 4 aliphatic rings. The number of rotatable bonds is 12. The van der Waals surface area contributed by atoms with Gasteiger partial charge in [-0.3, -0.25) is 14.8 Å². The maximum absolute atomic E-state index is 12.9. The van der Waals surface area contributed by atoms with E-state index in [1.165, 1.54) is 0 Å². The van der Waals surface area contributed by atoms with E-state index in [2.05, 4.69) is 49.1 Å². The van der Waals surface area contributed by atoms with Crippen LogP contribution in [0.4, 0.5) is 16.4 Å². The first-order valence-electron chi connectivity index (χ1n) is 24.9. The molecule has 0 aromatic carbocycles. The SMILES string of the molecule is C[C@@H]1COCCN1c1cc(=O)c2ccnc(-c3ccnn3C3CCCCO3)c2[nH]1.C[C@@H]1COCCN1c1cc(OCCCCNC(=O)OC(C)(C)C)c2ccnc(-c3ccnn3C3CCCCO3)c2n1. The summed E-state index contributed by atoms with van der Waals surface area (Å²) in [4.78, 5) is 47.3. The van der Waals surface area contributed by atoms with Crippen molar-refractivity contribution >= 4 is 39.5 Å². The minimum Gasteiger partial charge on any atom is -0.493 e. The number of morpholine rings is 2. The van der Waals surface area contributed by atoms with Crippen LogP contribution in [-0.2, 0) is 23.7 Å². The number of amides is 1. The Labute approximate surface area is 408 Å². The number of H-pyrrole nitrogens is 1. The Morgan fingerprint density at radius 1 is 0.771 bits per heavy atom. The maximum atomic E-state index is 12.9. The van der Waals surface area contributed by atoms with E-state index in [4.69, 9.17) is 38.4 Å². The Balaban J connectivity index is 0.000000184. The molecule has 19 heteroatoms. The zero-order valence-electron chi connectivity index (χ0n) is 41.1. The topological polar surface area (TPSA) is 198 Å². The number of aromatic nitrogens is 8. The number of nitrogens with one attached hydrogen (secondary N) is 2. The third-order valence-electron chi connectivity index (χ3n) is 12.9. The van der Waals surface area contributed by atoms with Gasteiger partial charge in [0, 0.05) is 80.5 Å². The van der Waals surface area contributed by atoms with Crippen molar-refractivity contribution in [3.63, 3.8) is 0 Å². The van der Waals surface area contributed by atoms with Gasteiger partial charge in [0.25, 0.3) is 0 Å². The maximum Gasteiger partial charge on any atom is 0.407 e. The lowest BCUT2D eigenvalue weighted by Gasteiger charge is -2.34. The number of aromatic amines is 1. The molecule has 10 rings (SSSR count). The molecule has 2 N–H and O–H groups in total. The highest BCUT2D eigenvalue weighted by Crippen LogP contribution is 2.37. The van der Waals surface area contributed by atoms with Gasteiger partial charge in [-0.1, -0.05) is 0 Å². The lowest BCUT2D eigenvalue weighted by atomic mass is 10.1. The summed E-state index contributed by atoms with van der Waals surface area (Å²) in [5.41, 5.74) is 4.16. The van der Waals surface area contributed by atoms with E-state index in [1.807, 2.05) is 54.4 Å². The van der Waals surface area contributed by atoms with Gasteiger partial charge in [0.15, 0.2) is 17.9 Å². The molecule has 6 aromatic rings. The predicted molar refractivity (Wildman–Crippen MR) is 266 cm³/mol. The fourth-order valence-corrected chi connectivity index (χ4v) is 9.43. The van der Waals surface area contributed by atoms with Crippen molar-refractivity contribution < 1.29 is 33.2 Å². The molecule has 374 valence electrons. The van der Waals surface area contributed by atoms with E-state index in [1.54, 1.807) is 36.9 Å².